The summed E-state index contributed by atoms with van der Waals surface area (Å²) in [5.41, 5.74) is 7.28. The average molecular weight is 586 g/mol. The topological polar surface area (TPSA) is 81.9 Å². The van der Waals surface area contributed by atoms with Crippen LogP contribution in [0, 0.1) is 0 Å². The van der Waals surface area contributed by atoms with E-state index in [1.165, 1.54) is 19.3 Å². The highest BCUT2D eigenvalue weighted by molar-refractivity contribution is 6.30. The number of urea groups is 1. The number of rotatable bonds is 7. The number of carbonyl (C=O) groups is 2. The molecule has 3 N–H and O–H groups in total. The van der Waals surface area contributed by atoms with Crippen LogP contribution in [0.1, 0.15) is 103 Å². The molecule has 2 aliphatic carbocycles. The highest BCUT2D eigenvalue weighted by atomic mass is 35.5. The molecule has 0 aromatic heterocycles. The lowest BCUT2D eigenvalue weighted by atomic mass is 9.90. The summed E-state index contributed by atoms with van der Waals surface area (Å²) in [6, 6.07) is 9.59. The van der Waals surface area contributed by atoms with Crippen molar-refractivity contribution in [1.29, 1.82) is 0 Å². The Morgan fingerprint density at radius 1 is 0.878 bits per heavy atom. The summed E-state index contributed by atoms with van der Waals surface area (Å²) in [6.45, 7) is 5.82. The molecule has 2 saturated heterocycles. The van der Waals surface area contributed by atoms with Crippen molar-refractivity contribution >= 4 is 23.5 Å². The quantitative estimate of drug-likeness (QED) is 0.428. The van der Waals surface area contributed by atoms with Gasteiger partial charge in [-0.15, -0.1) is 0 Å². The third kappa shape index (κ3) is 7.58. The van der Waals surface area contributed by atoms with Crippen LogP contribution in [0.4, 0.5) is 4.79 Å². The molecule has 1 aromatic carbocycles. The first-order valence-corrected chi connectivity index (χ1v) is 16.8. The Bertz CT molecular complexity index is 989. The number of carbonyl (C=O) groups excluding carboxylic acids is 2. The van der Waals surface area contributed by atoms with E-state index in [0.717, 1.165) is 69.8 Å². The van der Waals surface area contributed by atoms with Crippen molar-refractivity contribution < 1.29 is 9.59 Å². The molecule has 4 aliphatic rings. The Balaban J connectivity index is 1.26. The van der Waals surface area contributed by atoms with Crippen LogP contribution in [-0.4, -0.2) is 82.0 Å². The molecule has 0 bridgehead atoms. The Kier molecular flexibility index (Phi) is 10.5. The maximum atomic E-state index is 14.1. The van der Waals surface area contributed by atoms with Gasteiger partial charge in [0.1, 0.15) is 0 Å². The van der Waals surface area contributed by atoms with Crippen LogP contribution in [0.2, 0.25) is 5.02 Å². The summed E-state index contributed by atoms with van der Waals surface area (Å²) < 4.78 is 0. The van der Waals surface area contributed by atoms with Crippen LogP contribution >= 0.6 is 11.6 Å². The van der Waals surface area contributed by atoms with Gasteiger partial charge >= 0.3 is 6.03 Å². The second-order valence-corrected chi connectivity index (χ2v) is 13.8. The van der Waals surface area contributed by atoms with Crippen LogP contribution in [0.25, 0.3) is 0 Å². The number of nitrogens with two attached hydrogens (primary N) is 1. The van der Waals surface area contributed by atoms with Crippen LogP contribution < -0.4 is 11.1 Å². The number of halogens is 1. The Labute approximate surface area is 252 Å². The molecule has 2 saturated carbocycles. The van der Waals surface area contributed by atoms with E-state index in [-0.39, 0.29) is 30.1 Å². The Morgan fingerprint density at radius 3 is 2.07 bits per heavy atom. The van der Waals surface area contributed by atoms with E-state index in [4.69, 9.17) is 17.3 Å². The van der Waals surface area contributed by atoms with Crippen LogP contribution in [-0.2, 0) is 11.2 Å². The van der Waals surface area contributed by atoms with Gasteiger partial charge in [-0.05, 0) is 102 Å². The van der Waals surface area contributed by atoms with E-state index in [9.17, 15) is 9.59 Å². The van der Waals surface area contributed by atoms with E-state index in [0.29, 0.717) is 48.7 Å². The molecule has 41 heavy (non-hydrogen) atoms. The van der Waals surface area contributed by atoms with Crippen molar-refractivity contribution in [3.63, 3.8) is 0 Å². The van der Waals surface area contributed by atoms with Crippen molar-refractivity contribution in [2.75, 3.05) is 13.1 Å². The van der Waals surface area contributed by atoms with Crippen molar-refractivity contribution in [2.24, 2.45) is 5.73 Å². The third-order valence-corrected chi connectivity index (χ3v) is 10.6. The molecule has 228 valence electrons. The van der Waals surface area contributed by atoms with Gasteiger partial charge in [-0.25, -0.2) is 4.79 Å². The van der Waals surface area contributed by atoms with Crippen molar-refractivity contribution in [3.8, 4) is 0 Å². The number of nitrogens with zero attached hydrogens (tertiary/aromatic N) is 3. The average Bonchev–Trinajstić information content (AvgIpc) is 3.33. The zero-order chi connectivity index (χ0) is 28.9. The lowest BCUT2D eigenvalue weighted by Crippen LogP contribution is -2.59. The van der Waals surface area contributed by atoms with Gasteiger partial charge in [0.2, 0.25) is 5.91 Å². The van der Waals surface area contributed by atoms with Gasteiger partial charge in [0, 0.05) is 54.4 Å². The zero-order valence-corrected chi connectivity index (χ0v) is 26.0. The van der Waals surface area contributed by atoms with Crippen molar-refractivity contribution in [1.82, 2.24) is 20.0 Å². The van der Waals surface area contributed by atoms with Crippen LogP contribution in [0.5, 0.6) is 0 Å². The lowest BCUT2D eigenvalue weighted by Gasteiger charge is -2.46. The van der Waals surface area contributed by atoms with E-state index >= 15 is 0 Å². The molecule has 0 radical (unpaired) electrons. The molecular weight excluding hydrogens is 534 g/mol. The minimum atomic E-state index is -0.269. The van der Waals surface area contributed by atoms with E-state index in [1.54, 1.807) is 0 Å². The number of piperidine rings is 1. The molecule has 2 heterocycles. The summed E-state index contributed by atoms with van der Waals surface area (Å²) >= 11 is 6.14. The molecule has 8 heteroatoms. The zero-order valence-electron chi connectivity index (χ0n) is 25.3. The highest BCUT2D eigenvalue weighted by Gasteiger charge is 2.41. The minimum Gasteiger partial charge on any atom is -0.341 e. The summed E-state index contributed by atoms with van der Waals surface area (Å²) in [5, 5.41) is 4.45. The molecular formula is C33H52ClN5O2. The molecule has 7 nitrogen and oxygen atoms in total. The number of hydrogen-bond acceptors (Lipinski definition) is 4. The predicted octanol–water partition coefficient (Wildman–Crippen LogP) is 5.73. The maximum absolute atomic E-state index is 14.1. The normalized spacial score (nSPS) is 29.0. The monoisotopic (exact) mass is 585 g/mol. The molecule has 3 amide bonds. The number of likely N-dealkylation sites (tertiary alicyclic amines) is 2. The van der Waals surface area contributed by atoms with Crippen LogP contribution in [0.15, 0.2) is 24.3 Å². The van der Waals surface area contributed by atoms with Gasteiger partial charge < -0.3 is 25.8 Å². The number of benzene rings is 1. The number of amides is 3. The fraction of sp³-hybridized carbons (Fsp3) is 0.758. The van der Waals surface area contributed by atoms with Gasteiger partial charge in [0.25, 0.3) is 0 Å². The summed E-state index contributed by atoms with van der Waals surface area (Å²) in [6.07, 6.45) is 14.5. The predicted molar refractivity (Wildman–Crippen MR) is 166 cm³/mol. The fourth-order valence-corrected chi connectivity index (χ4v) is 8.03. The second-order valence-electron chi connectivity index (χ2n) is 13.4. The number of nitrogens with one attached hydrogen (secondary N) is 1. The number of hydrogen-bond donors (Lipinski definition) is 2. The first-order valence-electron chi connectivity index (χ1n) is 16.5. The lowest BCUT2D eigenvalue weighted by molar-refractivity contribution is -0.135. The highest BCUT2D eigenvalue weighted by Crippen LogP contribution is 2.33. The van der Waals surface area contributed by atoms with Gasteiger partial charge in [0.05, 0.1) is 6.04 Å². The molecule has 3 atom stereocenters. The standard InChI is InChI=1S/C33H52ClN5O2/c1-23-8-9-24(2)38(23)33(41)39(29-6-4-3-5-7-29)30-18-20-37(21-19-30)32(40)31(22-25-10-12-26(34)13-11-25)36-28-16-14-27(35)15-17-28/h10-13,23-24,27-31,36H,3-9,14-22,35H2,1-2H3. The third-order valence-electron chi connectivity index (χ3n) is 10.4. The molecule has 1 aromatic rings. The van der Waals surface area contributed by atoms with E-state index < -0.39 is 0 Å². The maximum Gasteiger partial charge on any atom is 0.320 e. The summed E-state index contributed by atoms with van der Waals surface area (Å²) in [7, 11) is 0. The second kappa shape index (κ2) is 14.1. The van der Waals surface area contributed by atoms with Gasteiger partial charge in [-0.1, -0.05) is 43.0 Å². The van der Waals surface area contributed by atoms with Crippen LogP contribution in [0.3, 0.4) is 0 Å². The Hall–Kier alpha value is -1.83. The Morgan fingerprint density at radius 2 is 1.46 bits per heavy atom. The molecule has 4 fully saturated rings. The van der Waals surface area contributed by atoms with Gasteiger partial charge in [-0.2, -0.15) is 0 Å². The largest absolute Gasteiger partial charge is 0.341 e. The molecule has 3 unspecified atom stereocenters. The fourth-order valence-electron chi connectivity index (χ4n) is 7.90. The first-order chi connectivity index (χ1) is 19.8. The summed E-state index contributed by atoms with van der Waals surface area (Å²) in [5.74, 6) is 0.186. The summed E-state index contributed by atoms with van der Waals surface area (Å²) in [4.78, 5) is 34.6. The first kappa shape index (κ1) is 30.6. The van der Waals surface area contributed by atoms with Gasteiger partial charge in [0.15, 0.2) is 0 Å². The smallest absolute Gasteiger partial charge is 0.320 e. The van der Waals surface area contributed by atoms with E-state index in [1.807, 2.05) is 24.3 Å². The van der Waals surface area contributed by atoms with E-state index in [2.05, 4.69) is 33.9 Å². The minimum absolute atomic E-state index is 0.186. The molecule has 5 rings (SSSR count). The molecule has 2 aliphatic heterocycles. The van der Waals surface area contributed by atoms with Crippen molar-refractivity contribution in [3.05, 3.63) is 34.9 Å². The van der Waals surface area contributed by atoms with Gasteiger partial charge in [-0.3, -0.25) is 4.79 Å². The molecule has 0 spiro atoms. The SMILES string of the molecule is CC1CCC(C)N1C(=O)N(C1CCCCC1)C1CCN(C(=O)C(Cc2ccc(Cl)cc2)NC2CCC(N)CC2)CC1. The van der Waals surface area contributed by atoms with Crippen molar-refractivity contribution in [2.45, 2.75) is 146 Å².